The molecule has 0 aromatic heterocycles. The summed E-state index contributed by atoms with van der Waals surface area (Å²) in [4.78, 5) is 10.8. The van der Waals surface area contributed by atoms with Crippen LogP contribution in [0.2, 0.25) is 0 Å². The van der Waals surface area contributed by atoms with Gasteiger partial charge in [-0.05, 0) is 42.7 Å². The molecule has 0 radical (unpaired) electrons. The van der Waals surface area contributed by atoms with E-state index in [9.17, 15) is 4.79 Å². The molecule has 0 aliphatic heterocycles. The average molecular weight is 232 g/mol. The summed E-state index contributed by atoms with van der Waals surface area (Å²) < 4.78 is 0. The highest BCUT2D eigenvalue weighted by molar-refractivity contribution is 5.72. The van der Waals surface area contributed by atoms with Gasteiger partial charge < -0.3 is 0 Å². The molecule has 1 unspecified atom stereocenters. The van der Waals surface area contributed by atoms with Gasteiger partial charge >= 0.3 is 0 Å². The van der Waals surface area contributed by atoms with E-state index in [0.717, 1.165) is 24.7 Å². The molecule has 0 aliphatic rings. The first-order valence-electron chi connectivity index (χ1n) is 6.14. The van der Waals surface area contributed by atoms with Gasteiger partial charge in [0.1, 0.15) is 0 Å². The first-order chi connectivity index (χ1) is 7.89. The van der Waals surface area contributed by atoms with Crippen LogP contribution in [0.25, 0.3) is 0 Å². The fourth-order valence-corrected chi connectivity index (χ4v) is 1.92. The minimum atomic E-state index is 0.353. The second-order valence-electron chi connectivity index (χ2n) is 5.73. The van der Waals surface area contributed by atoms with Crippen LogP contribution in [0.3, 0.4) is 0 Å². The molecule has 1 atom stereocenters. The van der Waals surface area contributed by atoms with Gasteiger partial charge in [0.25, 0.3) is 0 Å². The zero-order chi connectivity index (χ0) is 13.3. The van der Waals surface area contributed by atoms with Crippen LogP contribution in [0.1, 0.15) is 47.0 Å². The smallest absolute Gasteiger partial charge is 0.153 e. The number of rotatable bonds is 6. The van der Waals surface area contributed by atoms with Gasteiger partial charge in [-0.1, -0.05) is 34.3 Å². The average Bonchev–Trinajstić information content (AvgIpc) is 2.20. The number of aldehydes is 1. The van der Waals surface area contributed by atoms with Crippen molar-refractivity contribution in [1.82, 2.24) is 0 Å². The van der Waals surface area contributed by atoms with E-state index in [2.05, 4.69) is 45.7 Å². The monoisotopic (exact) mass is 232 g/mol. The summed E-state index contributed by atoms with van der Waals surface area (Å²) in [5.41, 5.74) is 6.65. The Bertz CT molecular complexity index is 342. The van der Waals surface area contributed by atoms with Crippen molar-refractivity contribution in [2.45, 2.75) is 47.0 Å². The van der Waals surface area contributed by atoms with E-state index in [1.165, 1.54) is 6.42 Å². The molecule has 94 valence electrons. The van der Waals surface area contributed by atoms with Crippen molar-refractivity contribution in [3.8, 4) is 0 Å². The van der Waals surface area contributed by atoms with Gasteiger partial charge in [0.2, 0.25) is 0 Å². The summed E-state index contributed by atoms with van der Waals surface area (Å²) in [6, 6.07) is 0. The largest absolute Gasteiger partial charge is 0.298 e. The molecule has 1 nitrogen and oxygen atoms in total. The van der Waals surface area contributed by atoms with Gasteiger partial charge in [-0.2, -0.15) is 0 Å². The molecular formula is C16H24O. The van der Waals surface area contributed by atoms with Gasteiger partial charge in [0, 0.05) is 5.57 Å². The van der Waals surface area contributed by atoms with Crippen LogP contribution in [0, 0.1) is 11.3 Å². The Morgan fingerprint density at radius 3 is 2.47 bits per heavy atom. The highest BCUT2D eigenvalue weighted by Gasteiger charge is 2.15. The summed E-state index contributed by atoms with van der Waals surface area (Å²) in [5, 5.41) is 0. The van der Waals surface area contributed by atoms with Crippen molar-refractivity contribution < 1.29 is 4.79 Å². The fraction of sp³-hybridized carbons (Fsp3) is 0.562. The number of hydrogen-bond donors (Lipinski definition) is 0. The number of carbonyl (C=O) groups excluding carboxylic acids is 1. The van der Waals surface area contributed by atoms with Gasteiger partial charge in [-0.3, -0.25) is 4.79 Å². The van der Waals surface area contributed by atoms with Crippen LogP contribution in [0.4, 0.5) is 0 Å². The van der Waals surface area contributed by atoms with Crippen molar-refractivity contribution in [2.75, 3.05) is 0 Å². The predicted molar refractivity (Wildman–Crippen MR) is 73.8 cm³/mol. The number of allylic oxidation sites excluding steroid dienone is 2. The zero-order valence-corrected chi connectivity index (χ0v) is 11.5. The van der Waals surface area contributed by atoms with E-state index in [1.807, 2.05) is 0 Å². The van der Waals surface area contributed by atoms with Crippen molar-refractivity contribution in [2.24, 2.45) is 11.3 Å². The SMILES string of the molecule is C=C=CC=C=C(C=O)CCC(C)CC(C)(C)C. The minimum Gasteiger partial charge on any atom is -0.298 e. The van der Waals surface area contributed by atoms with Crippen molar-refractivity contribution in [1.29, 1.82) is 0 Å². The zero-order valence-electron chi connectivity index (χ0n) is 11.5. The van der Waals surface area contributed by atoms with Gasteiger partial charge in [-0.25, -0.2) is 0 Å². The maximum Gasteiger partial charge on any atom is 0.153 e. The molecule has 0 aliphatic carbocycles. The normalized spacial score (nSPS) is 12.0. The lowest BCUT2D eigenvalue weighted by atomic mass is 9.83. The van der Waals surface area contributed by atoms with Crippen molar-refractivity contribution in [3.05, 3.63) is 35.8 Å². The van der Waals surface area contributed by atoms with E-state index in [-0.39, 0.29) is 0 Å². The highest BCUT2D eigenvalue weighted by atomic mass is 16.1. The molecular weight excluding hydrogens is 208 g/mol. The topological polar surface area (TPSA) is 17.1 Å². The summed E-state index contributed by atoms with van der Waals surface area (Å²) in [7, 11) is 0. The second-order valence-corrected chi connectivity index (χ2v) is 5.73. The maximum absolute atomic E-state index is 10.8. The Hall–Kier alpha value is -1.29. The van der Waals surface area contributed by atoms with Gasteiger partial charge in [0.15, 0.2) is 6.29 Å². The van der Waals surface area contributed by atoms with Crippen LogP contribution < -0.4 is 0 Å². The molecule has 0 saturated carbocycles. The minimum absolute atomic E-state index is 0.353. The van der Waals surface area contributed by atoms with E-state index < -0.39 is 0 Å². The molecule has 0 heterocycles. The molecule has 0 amide bonds. The molecule has 0 aromatic rings. The van der Waals surface area contributed by atoms with Crippen LogP contribution in [-0.4, -0.2) is 6.29 Å². The lowest BCUT2D eigenvalue weighted by molar-refractivity contribution is -0.105. The van der Waals surface area contributed by atoms with E-state index >= 15 is 0 Å². The van der Waals surface area contributed by atoms with Gasteiger partial charge in [0.05, 0.1) is 0 Å². The molecule has 0 spiro atoms. The molecule has 0 bridgehead atoms. The Balaban J connectivity index is 4.29. The first kappa shape index (κ1) is 15.7. The lowest BCUT2D eigenvalue weighted by Crippen LogP contribution is -2.11. The standard InChI is InChI=1S/C16H24O/c1-6-7-8-9-15(13-17)11-10-14(2)12-16(3,4)5/h7-8,13-14H,1,10-12H2,2-5H3. The van der Waals surface area contributed by atoms with Crippen LogP contribution in [0.15, 0.2) is 35.8 Å². The Kier molecular flexibility index (Phi) is 7.30. The molecule has 17 heavy (non-hydrogen) atoms. The second kappa shape index (κ2) is 7.90. The van der Waals surface area contributed by atoms with E-state index in [0.29, 0.717) is 11.3 Å². The van der Waals surface area contributed by atoms with E-state index in [4.69, 9.17) is 0 Å². The molecule has 0 aromatic carbocycles. The Morgan fingerprint density at radius 1 is 1.35 bits per heavy atom. The first-order valence-corrected chi connectivity index (χ1v) is 6.14. The van der Waals surface area contributed by atoms with Crippen LogP contribution in [-0.2, 0) is 4.79 Å². The van der Waals surface area contributed by atoms with Gasteiger partial charge in [-0.15, -0.1) is 11.5 Å². The number of carbonyl (C=O) groups is 1. The lowest BCUT2D eigenvalue weighted by Gasteiger charge is -2.22. The third kappa shape index (κ3) is 9.63. The third-order valence-electron chi connectivity index (χ3n) is 2.48. The summed E-state index contributed by atoms with van der Waals surface area (Å²) in [5.74, 6) is 0.627. The third-order valence-corrected chi connectivity index (χ3v) is 2.48. The van der Waals surface area contributed by atoms with Crippen LogP contribution >= 0.6 is 0 Å². The van der Waals surface area contributed by atoms with Crippen molar-refractivity contribution in [3.63, 3.8) is 0 Å². The maximum atomic E-state index is 10.8. The molecule has 1 heteroatoms. The predicted octanol–water partition coefficient (Wildman–Crippen LogP) is 4.46. The molecule has 0 N–H and O–H groups in total. The highest BCUT2D eigenvalue weighted by Crippen LogP contribution is 2.27. The molecule has 0 rings (SSSR count). The fourth-order valence-electron chi connectivity index (χ4n) is 1.92. The summed E-state index contributed by atoms with van der Waals surface area (Å²) in [6.45, 7) is 12.4. The Morgan fingerprint density at radius 2 is 2.00 bits per heavy atom. The molecule has 0 saturated heterocycles. The van der Waals surface area contributed by atoms with Crippen LogP contribution in [0.5, 0.6) is 0 Å². The summed E-state index contributed by atoms with van der Waals surface area (Å²) in [6.07, 6.45) is 7.23. The Labute approximate surface area is 106 Å². The quantitative estimate of drug-likeness (QED) is 0.286. The number of hydrogen-bond acceptors (Lipinski definition) is 1. The molecule has 0 fully saturated rings. The van der Waals surface area contributed by atoms with Crippen molar-refractivity contribution >= 4 is 6.29 Å². The summed E-state index contributed by atoms with van der Waals surface area (Å²) >= 11 is 0. The van der Waals surface area contributed by atoms with E-state index in [1.54, 1.807) is 12.2 Å².